The molecular weight excluding hydrogens is 287 g/mol. The molecule has 3 N–H and O–H groups in total. The molecule has 0 aliphatic heterocycles. The lowest BCUT2D eigenvalue weighted by atomic mass is 10.1. The lowest BCUT2D eigenvalue weighted by Crippen LogP contribution is -2.51. The monoisotopic (exact) mass is 312 g/mol. The standard InChI is InChI=1S/C16H25FN2O3/c1-15(2,3)22-14(21)19-16(4,5)10-18-9-11-6-12(17)8-13(20)7-11/h6-8,18,20H,9-10H2,1-5H3,(H,19,21). The first-order valence-corrected chi connectivity index (χ1v) is 7.17. The highest BCUT2D eigenvalue weighted by Gasteiger charge is 2.24. The molecule has 1 amide bonds. The second kappa shape index (κ2) is 6.96. The number of aromatic hydroxyl groups is 1. The first-order chi connectivity index (χ1) is 9.97. The Hall–Kier alpha value is -1.82. The molecule has 6 heteroatoms. The van der Waals surface area contributed by atoms with Crippen LogP contribution >= 0.6 is 0 Å². The van der Waals surface area contributed by atoms with Gasteiger partial charge in [0, 0.05) is 19.2 Å². The van der Waals surface area contributed by atoms with Crippen molar-refractivity contribution in [2.24, 2.45) is 0 Å². The van der Waals surface area contributed by atoms with Gasteiger partial charge in [-0.2, -0.15) is 0 Å². The van der Waals surface area contributed by atoms with E-state index in [-0.39, 0.29) is 5.75 Å². The minimum absolute atomic E-state index is 0.108. The van der Waals surface area contributed by atoms with Crippen molar-refractivity contribution in [3.8, 4) is 5.75 Å². The van der Waals surface area contributed by atoms with Gasteiger partial charge in [0.15, 0.2) is 0 Å². The van der Waals surface area contributed by atoms with Gasteiger partial charge in [0.05, 0.1) is 5.54 Å². The number of benzene rings is 1. The smallest absolute Gasteiger partial charge is 0.408 e. The number of alkyl carbamates (subject to hydrolysis) is 1. The molecule has 0 radical (unpaired) electrons. The van der Waals surface area contributed by atoms with E-state index in [4.69, 9.17) is 4.74 Å². The number of phenolic OH excluding ortho intramolecular Hbond substituents is 1. The average molecular weight is 312 g/mol. The summed E-state index contributed by atoms with van der Waals surface area (Å²) >= 11 is 0. The topological polar surface area (TPSA) is 70.6 Å². The van der Waals surface area contributed by atoms with Crippen LogP contribution in [0.2, 0.25) is 0 Å². The van der Waals surface area contributed by atoms with Gasteiger partial charge in [-0.1, -0.05) is 0 Å². The van der Waals surface area contributed by atoms with Gasteiger partial charge >= 0.3 is 6.09 Å². The van der Waals surface area contributed by atoms with Gasteiger partial charge < -0.3 is 20.5 Å². The van der Waals surface area contributed by atoms with Crippen LogP contribution in [0.15, 0.2) is 18.2 Å². The number of rotatable bonds is 5. The van der Waals surface area contributed by atoms with Crippen molar-refractivity contribution in [3.05, 3.63) is 29.6 Å². The number of phenols is 1. The maximum atomic E-state index is 13.2. The summed E-state index contributed by atoms with van der Waals surface area (Å²) in [7, 11) is 0. The van der Waals surface area contributed by atoms with Gasteiger partial charge in [0.2, 0.25) is 0 Å². The zero-order chi connectivity index (χ0) is 17.0. The van der Waals surface area contributed by atoms with E-state index >= 15 is 0 Å². The number of hydrogen-bond donors (Lipinski definition) is 3. The van der Waals surface area contributed by atoms with E-state index in [9.17, 15) is 14.3 Å². The number of carbonyl (C=O) groups is 1. The molecule has 5 nitrogen and oxygen atoms in total. The number of ether oxygens (including phenoxy) is 1. The van der Waals surface area contributed by atoms with Crippen molar-refractivity contribution in [3.63, 3.8) is 0 Å². The molecule has 0 bridgehead atoms. The Morgan fingerprint density at radius 2 is 1.86 bits per heavy atom. The summed E-state index contributed by atoms with van der Waals surface area (Å²) in [6.45, 7) is 9.95. The molecule has 0 aliphatic rings. The quantitative estimate of drug-likeness (QED) is 0.782. The fourth-order valence-electron chi connectivity index (χ4n) is 1.88. The van der Waals surface area contributed by atoms with Crippen LogP contribution < -0.4 is 10.6 Å². The maximum Gasteiger partial charge on any atom is 0.408 e. The van der Waals surface area contributed by atoms with Crippen LogP contribution in [0.1, 0.15) is 40.2 Å². The molecule has 0 heterocycles. The van der Waals surface area contributed by atoms with Crippen LogP contribution in [0.25, 0.3) is 0 Å². The van der Waals surface area contributed by atoms with Gasteiger partial charge in [-0.15, -0.1) is 0 Å². The summed E-state index contributed by atoms with van der Waals surface area (Å²) in [5.74, 6) is -0.592. The normalized spacial score (nSPS) is 12.1. The van der Waals surface area contributed by atoms with Crippen molar-refractivity contribution in [1.82, 2.24) is 10.6 Å². The Bertz CT molecular complexity index is 504. The first-order valence-electron chi connectivity index (χ1n) is 7.17. The molecule has 0 fully saturated rings. The van der Waals surface area contributed by atoms with Gasteiger partial charge in [0.1, 0.15) is 17.2 Å². The fraction of sp³-hybridized carbons (Fsp3) is 0.562. The number of nitrogens with one attached hydrogen (secondary N) is 2. The highest BCUT2D eigenvalue weighted by molar-refractivity contribution is 5.68. The zero-order valence-electron chi connectivity index (χ0n) is 13.8. The largest absolute Gasteiger partial charge is 0.508 e. The molecule has 124 valence electrons. The summed E-state index contributed by atoms with van der Waals surface area (Å²) in [5.41, 5.74) is -0.449. The summed E-state index contributed by atoms with van der Waals surface area (Å²) in [6, 6.07) is 3.89. The number of hydrogen-bond acceptors (Lipinski definition) is 4. The Balaban J connectivity index is 2.46. The van der Waals surface area contributed by atoms with Crippen LogP contribution in [0.4, 0.5) is 9.18 Å². The maximum absolute atomic E-state index is 13.2. The van der Waals surface area contributed by atoms with Crippen LogP contribution in [0, 0.1) is 5.82 Å². The van der Waals surface area contributed by atoms with E-state index in [0.29, 0.717) is 18.7 Å². The Morgan fingerprint density at radius 1 is 1.23 bits per heavy atom. The Morgan fingerprint density at radius 3 is 2.41 bits per heavy atom. The van der Waals surface area contributed by atoms with Crippen LogP contribution in [-0.4, -0.2) is 28.9 Å². The molecule has 0 aliphatic carbocycles. The predicted octanol–water partition coefficient (Wildman–Crippen LogP) is 2.92. The van der Waals surface area contributed by atoms with Crippen molar-refractivity contribution in [1.29, 1.82) is 0 Å². The predicted molar refractivity (Wildman–Crippen MR) is 83.2 cm³/mol. The molecular formula is C16H25FN2O3. The Labute approximate surface area is 130 Å². The molecule has 1 aromatic rings. The second-order valence-corrected chi connectivity index (χ2v) is 6.93. The summed E-state index contributed by atoms with van der Waals surface area (Å²) in [5, 5.41) is 15.2. The van der Waals surface area contributed by atoms with Crippen molar-refractivity contribution in [2.45, 2.75) is 52.3 Å². The highest BCUT2D eigenvalue weighted by Crippen LogP contribution is 2.14. The third-order valence-electron chi connectivity index (χ3n) is 2.68. The van der Waals surface area contributed by atoms with Gasteiger partial charge in [-0.3, -0.25) is 0 Å². The van der Waals surface area contributed by atoms with Gasteiger partial charge in [-0.25, -0.2) is 9.18 Å². The van der Waals surface area contributed by atoms with E-state index < -0.39 is 23.1 Å². The first kappa shape index (κ1) is 18.2. The molecule has 0 aromatic heterocycles. The zero-order valence-corrected chi connectivity index (χ0v) is 13.8. The number of amides is 1. The van der Waals surface area contributed by atoms with E-state index in [0.717, 1.165) is 6.07 Å². The molecule has 0 unspecified atom stereocenters. The molecule has 1 aromatic carbocycles. The Kier molecular flexibility index (Phi) is 5.77. The lowest BCUT2D eigenvalue weighted by molar-refractivity contribution is 0.0472. The molecule has 0 saturated heterocycles. The SMILES string of the molecule is CC(C)(CNCc1cc(O)cc(F)c1)NC(=O)OC(C)(C)C. The number of carbonyl (C=O) groups excluding carboxylic acids is 1. The molecule has 0 spiro atoms. The van der Waals surface area contributed by atoms with Crippen LogP contribution in [-0.2, 0) is 11.3 Å². The molecule has 0 saturated carbocycles. The molecule has 0 atom stereocenters. The van der Waals surface area contributed by atoms with Gasteiger partial charge in [-0.05, 0) is 52.3 Å². The third kappa shape index (κ3) is 7.26. The van der Waals surface area contributed by atoms with Crippen molar-refractivity contribution < 1.29 is 19.0 Å². The molecule has 1 rings (SSSR count). The van der Waals surface area contributed by atoms with Crippen molar-refractivity contribution >= 4 is 6.09 Å². The van der Waals surface area contributed by atoms with E-state index in [2.05, 4.69) is 10.6 Å². The van der Waals surface area contributed by atoms with Crippen LogP contribution in [0.3, 0.4) is 0 Å². The minimum Gasteiger partial charge on any atom is -0.508 e. The third-order valence-corrected chi connectivity index (χ3v) is 2.68. The highest BCUT2D eigenvalue weighted by atomic mass is 19.1. The second-order valence-electron chi connectivity index (χ2n) is 6.93. The number of halogens is 1. The van der Waals surface area contributed by atoms with E-state index in [1.54, 1.807) is 20.8 Å². The van der Waals surface area contributed by atoms with Crippen molar-refractivity contribution in [2.75, 3.05) is 6.54 Å². The van der Waals surface area contributed by atoms with E-state index in [1.165, 1.54) is 12.1 Å². The molecule has 22 heavy (non-hydrogen) atoms. The fourth-order valence-corrected chi connectivity index (χ4v) is 1.88. The summed E-state index contributed by atoms with van der Waals surface area (Å²) < 4.78 is 18.4. The van der Waals surface area contributed by atoms with Gasteiger partial charge in [0.25, 0.3) is 0 Å². The van der Waals surface area contributed by atoms with E-state index in [1.807, 2.05) is 13.8 Å². The minimum atomic E-state index is -0.549. The average Bonchev–Trinajstić information content (AvgIpc) is 2.22. The summed E-state index contributed by atoms with van der Waals surface area (Å²) in [4.78, 5) is 11.8. The van der Waals surface area contributed by atoms with Crippen LogP contribution in [0.5, 0.6) is 5.75 Å². The summed E-state index contributed by atoms with van der Waals surface area (Å²) in [6.07, 6.45) is -0.484. The lowest BCUT2D eigenvalue weighted by Gasteiger charge is -2.29.